The van der Waals surface area contributed by atoms with Gasteiger partial charge in [0.1, 0.15) is 23.0 Å². The van der Waals surface area contributed by atoms with Gasteiger partial charge in [-0.1, -0.05) is 104 Å². The number of carbonyl (C=O) groups is 3. The van der Waals surface area contributed by atoms with Crippen molar-refractivity contribution in [2.75, 3.05) is 14.7 Å². The van der Waals surface area contributed by atoms with Gasteiger partial charge in [-0.3, -0.25) is 29.1 Å². The maximum Gasteiger partial charge on any atom is 0.282 e. The van der Waals surface area contributed by atoms with E-state index in [1.807, 2.05) is 123 Å². The fourth-order valence-electron chi connectivity index (χ4n) is 8.08. The zero-order valence-corrected chi connectivity index (χ0v) is 41.8. The van der Waals surface area contributed by atoms with Crippen LogP contribution in [0.15, 0.2) is 199 Å². The van der Waals surface area contributed by atoms with Crippen LogP contribution in [-0.2, 0) is 14.4 Å². The molecule has 0 spiro atoms. The number of anilines is 6. The van der Waals surface area contributed by atoms with Crippen LogP contribution in [0.5, 0.6) is 0 Å². The third-order valence-electron chi connectivity index (χ3n) is 11.2. The number of aryl methyl sites for hydroxylation is 1. The van der Waals surface area contributed by atoms with E-state index in [0.717, 1.165) is 56.4 Å². The Morgan fingerprint density at radius 1 is 0.438 bits per heavy atom. The highest BCUT2D eigenvalue weighted by atomic mass is 35.5. The maximum atomic E-state index is 13.6. The van der Waals surface area contributed by atoms with Crippen molar-refractivity contribution in [3.8, 4) is 0 Å². The van der Waals surface area contributed by atoms with Crippen molar-refractivity contribution >= 4 is 155 Å². The molecular formula is C57H42Cl3FN6O3S3. The van der Waals surface area contributed by atoms with Crippen LogP contribution < -0.4 is 14.7 Å². The second-order valence-electron chi connectivity index (χ2n) is 15.9. The second kappa shape index (κ2) is 22.6. The van der Waals surface area contributed by atoms with Gasteiger partial charge < -0.3 is 0 Å². The predicted molar refractivity (Wildman–Crippen MR) is 305 cm³/mol. The molecule has 0 aliphatic carbocycles. The van der Waals surface area contributed by atoms with Crippen molar-refractivity contribution < 1.29 is 18.8 Å². The quantitative estimate of drug-likeness (QED) is 0.166. The molecule has 3 aliphatic rings. The van der Waals surface area contributed by atoms with Crippen molar-refractivity contribution in [2.24, 2.45) is 15.0 Å². The summed E-state index contributed by atoms with van der Waals surface area (Å²) in [5, 5.41) is 13.2. The first kappa shape index (κ1) is 52.0. The van der Waals surface area contributed by atoms with Gasteiger partial charge in [-0.05, 0) is 126 Å². The minimum atomic E-state index is -0.359. The van der Waals surface area contributed by atoms with Crippen LogP contribution in [0.3, 0.4) is 0 Å². The van der Waals surface area contributed by atoms with Gasteiger partial charge in [-0.15, -0.1) is 0 Å². The van der Waals surface area contributed by atoms with Crippen LogP contribution >= 0.6 is 68.8 Å². The van der Waals surface area contributed by atoms with E-state index in [2.05, 4.69) is 15.0 Å². The van der Waals surface area contributed by atoms with Crippen molar-refractivity contribution in [2.45, 2.75) is 21.8 Å². The van der Waals surface area contributed by atoms with E-state index < -0.39 is 0 Å². The molecule has 6 heterocycles. The number of hydrogen-bond acceptors (Lipinski definition) is 9. The normalized spacial score (nSPS) is 14.8. The Morgan fingerprint density at radius 3 is 1.23 bits per heavy atom. The lowest BCUT2D eigenvalue weighted by atomic mass is 10.1. The van der Waals surface area contributed by atoms with Crippen LogP contribution in [0.25, 0.3) is 0 Å². The molecule has 16 heteroatoms. The smallest absolute Gasteiger partial charge is 0.274 e. The van der Waals surface area contributed by atoms with E-state index in [9.17, 15) is 18.8 Å². The van der Waals surface area contributed by atoms with Gasteiger partial charge in [-0.2, -0.15) is 34.0 Å². The number of nitrogens with zero attached hydrogens (tertiary/aromatic N) is 6. The van der Waals surface area contributed by atoms with Crippen molar-refractivity contribution in [3.63, 3.8) is 0 Å². The number of carbonyl (C=O) groups excluding carboxylic acids is 3. The lowest BCUT2D eigenvalue weighted by Gasteiger charge is -2.14. The Balaban J connectivity index is 0.000000144. The number of halogens is 4. The van der Waals surface area contributed by atoms with E-state index in [1.165, 1.54) is 23.5 Å². The largest absolute Gasteiger partial charge is 0.282 e. The number of para-hydroxylation sites is 3. The molecule has 6 aromatic carbocycles. The van der Waals surface area contributed by atoms with Crippen LogP contribution in [0, 0.1) is 12.7 Å². The summed E-state index contributed by atoms with van der Waals surface area (Å²) in [7, 11) is 0. The Morgan fingerprint density at radius 2 is 0.836 bits per heavy atom. The molecule has 0 fully saturated rings. The molecule has 73 heavy (non-hydrogen) atoms. The van der Waals surface area contributed by atoms with E-state index in [1.54, 1.807) is 92.8 Å². The highest BCUT2D eigenvalue weighted by molar-refractivity contribution is 7.09. The molecule has 3 aliphatic heterocycles. The van der Waals surface area contributed by atoms with Gasteiger partial charge in [0.25, 0.3) is 17.7 Å². The van der Waals surface area contributed by atoms with Crippen LogP contribution in [-0.4, -0.2) is 34.9 Å². The molecular weight excluding hydrogens is 1040 g/mol. The SMILES string of the molecule is C.C.Cc1cc(F)cc(N=C2C(=O)N(c3ccsc3)c3ccccc32)c1.O=C1C(=Nc2ccc(Cl)c(Cl)c2)c2ccccc2N1c1ccsc1.O=C1C(=Nc2ccc(Cl)cc2)c2ccccc2N1c1ccsc1. The minimum absolute atomic E-state index is 0. The Bertz CT molecular complexity index is 3560. The first-order valence-electron chi connectivity index (χ1n) is 21.6. The van der Waals surface area contributed by atoms with Gasteiger partial charge in [0.2, 0.25) is 0 Å². The summed E-state index contributed by atoms with van der Waals surface area (Å²) in [6.07, 6.45) is 0. The zero-order chi connectivity index (χ0) is 49.2. The van der Waals surface area contributed by atoms with E-state index in [-0.39, 0.29) is 38.4 Å². The first-order valence-corrected chi connectivity index (χ1v) is 25.6. The summed E-state index contributed by atoms with van der Waals surface area (Å²) < 4.78 is 13.6. The summed E-state index contributed by atoms with van der Waals surface area (Å²) in [5.41, 5.74) is 11.1. The monoisotopic (exact) mass is 1080 g/mol. The van der Waals surface area contributed by atoms with E-state index in [0.29, 0.717) is 49.3 Å². The number of benzene rings is 6. The average molecular weight is 1080 g/mol. The minimum Gasteiger partial charge on any atom is -0.274 e. The van der Waals surface area contributed by atoms with Crippen molar-refractivity contribution in [1.29, 1.82) is 0 Å². The molecule has 0 saturated heterocycles. The summed E-state index contributed by atoms with van der Waals surface area (Å²) in [5.74, 6) is -0.820. The number of fused-ring (bicyclic) bond motifs is 3. The van der Waals surface area contributed by atoms with E-state index in [4.69, 9.17) is 34.8 Å². The lowest BCUT2D eigenvalue weighted by Crippen LogP contribution is -2.24. The zero-order valence-electron chi connectivity index (χ0n) is 37.0. The Kier molecular flexibility index (Phi) is 16.1. The fraction of sp³-hybridized carbons (Fsp3) is 0.0526. The summed E-state index contributed by atoms with van der Waals surface area (Å²) in [6, 6.07) is 45.3. The molecule has 9 nitrogen and oxygen atoms in total. The molecule has 0 unspecified atom stereocenters. The molecule has 0 N–H and O–H groups in total. The summed E-state index contributed by atoms with van der Waals surface area (Å²) in [6.45, 7) is 1.80. The number of amides is 3. The lowest BCUT2D eigenvalue weighted by molar-refractivity contribution is -0.112. The third kappa shape index (κ3) is 10.7. The molecule has 12 rings (SSSR count). The highest BCUT2D eigenvalue weighted by Gasteiger charge is 2.37. The fourth-order valence-corrected chi connectivity index (χ4v) is 10.4. The average Bonchev–Trinajstić information content (AvgIpc) is 4.25. The van der Waals surface area contributed by atoms with Crippen LogP contribution in [0.2, 0.25) is 15.1 Å². The topological polar surface area (TPSA) is 98.0 Å². The Labute approximate surface area is 449 Å². The first-order chi connectivity index (χ1) is 34.5. The summed E-state index contributed by atoms with van der Waals surface area (Å²) >= 11 is 22.5. The molecule has 0 saturated carbocycles. The number of aliphatic imine (C=N–C) groups is 3. The molecule has 0 bridgehead atoms. The Hall–Kier alpha value is -7.36. The molecule has 3 aromatic heterocycles. The summed E-state index contributed by atoms with van der Waals surface area (Å²) in [4.78, 5) is 57.4. The van der Waals surface area contributed by atoms with Gasteiger partial charge >= 0.3 is 0 Å². The highest BCUT2D eigenvalue weighted by Crippen LogP contribution is 2.41. The second-order valence-corrected chi connectivity index (χ2v) is 19.5. The molecule has 9 aromatic rings. The molecule has 0 atom stereocenters. The third-order valence-corrected chi connectivity index (χ3v) is 14.2. The predicted octanol–water partition coefficient (Wildman–Crippen LogP) is 17.3. The van der Waals surface area contributed by atoms with Gasteiger partial charge in [0.15, 0.2) is 0 Å². The number of rotatable bonds is 6. The standard InChI is InChI=1S/C19H13FN2OS.C18H10Cl2N2OS.C18H11ClN2OS.2CH4/c1-12-8-13(20)10-14(9-12)21-18-16-4-2-3-5-17(16)22(19(18)23)15-6-7-24-11-15;19-14-6-5-11(9-15(14)20)21-17-13-3-1-2-4-16(13)22(18(17)23)12-7-8-24-10-12;19-12-5-7-13(8-6-12)20-17-15-3-1-2-4-16(15)21(18(17)22)14-9-10-23-11-14;;/h2-11H,1H3;1-10H;1-11H;2*1H4. The van der Waals surface area contributed by atoms with Gasteiger partial charge in [0.05, 0.1) is 61.2 Å². The van der Waals surface area contributed by atoms with Crippen molar-refractivity contribution in [3.05, 3.63) is 227 Å². The number of hydrogen-bond donors (Lipinski definition) is 0. The van der Waals surface area contributed by atoms with Gasteiger partial charge in [0, 0.05) is 37.9 Å². The molecule has 364 valence electrons. The molecule has 3 amide bonds. The maximum absolute atomic E-state index is 13.6. The van der Waals surface area contributed by atoms with Gasteiger partial charge in [-0.25, -0.2) is 19.4 Å². The van der Waals surface area contributed by atoms with Crippen LogP contribution in [0.4, 0.5) is 55.6 Å². The van der Waals surface area contributed by atoms with E-state index >= 15 is 0 Å². The van der Waals surface area contributed by atoms with Crippen molar-refractivity contribution in [1.82, 2.24) is 0 Å². The molecule has 0 radical (unpaired) electrons. The van der Waals surface area contributed by atoms with Crippen LogP contribution in [0.1, 0.15) is 37.1 Å². The number of thiophene rings is 3.